The zero-order chi connectivity index (χ0) is 25.2. The van der Waals surface area contributed by atoms with Crippen LogP contribution in [0.25, 0.3) is 11.1 Å². The first-order valence-corrected chi connectivity index (χ1v) is 12.1. The van der Waals surface area contributed by atoms with Crippen LogP contribution in [0, 0.1) is 5.92 Å². The second-order valence-electron chi connectivity index (χ2n) is 8.72. The molecule has 3 rings (SSSR count). The summed E-state index contributed by atoms with van der Waals surface area (Å²) in [6.07, 6.45) is 0.120. The average molecular weight is 483 g/mol. The normalized spacial score (nSPS) is 13.9. The number of carbonyl (C=O) groups is 3. The minimum absolute atomic E-state index is 0.0227. The van der Waals surface area contributed by atoms with Gasteiger partial charge in [-0.15, -0.1) is 0 Å². The highest BCUT2D eigenvalue weighted by Gasteiger charge is 2.29. The highest BCUT2D eigenvalue weighted by Crippen LogP contribution is 2.44. The first kappa shape index (κ1) is 26.2. The molecular weight excluding hydrogens is 448 g/mol. The van der Waals surface area contributed by atoms with Crippen LogP contribution >= 0.6 is 0 Å². The average Bonchev–Trinajstić information content (AvgIpc) is 3.17. The van der Waals surface area contributed by atoms with E-state index in [0.717, 1.165) is 22.3 Å². The quantitative estimate of drug-likeness (QED) is 0.373. The zero-order valence-electron chi connectivity index (χ0n) is 20.3. The van der Waals surface area contributed by atoms with Gasteiger partial charge in [0.05, 0.1) is 18.4 Å². The van der Waals surface area contributed by atoms with Crippen molar-refractivity contribution in [3.8, 4) is 11.1 Å². The molecule has 2 unspecified atom stereocenters. The molecular formula is C27H34N2O6. The molecule has 0 heterocycles. The Kier molecular flexibility index (Phi) is 9.66. The van der Waals surface area contributed by atoms with Crippen molar-refractivity contribution in [2.24, 2.45) is 5.92 Å². The van der Waals surface area contributed by atoms with E-state index in [2.05, 4.69) is 34.9 Å². The van der Waals surface area contributed by atoms with Crippen LogP contribution in [-0.2, 0) is 19.1 Å². The van der Waals surface area contributed by atoms with E-state index in [9.17, 15) is 14.4 Å². The maximum Gasteiger partial charge on any atom is 0.407 e. The van der Waals surface area contributed by atoms with E-state index in [4.69, 9.17) is 14.6 Å². The van der Waals surface area contributed by atoms with Gasteiger partial charge in [0.15, 0.2) is 0 Å². The molecule has 0 radical (unpaired) electrons. The second kappa shape index (κ2) is 12.9. The summed E-state index contributed by atoms with van der Waals surface area (Å²) in [6.45, 7) is 4.63. The standard InChI is InChI=1S/C27H34N2O6/c1-3-34-19(15-25(30)28-14-8-9-18(2)26(31)32)16-29-27(33)35-17-24-22-12-6-4-10-20(22)21-11-5-7-13-23(21)24/h4-7,10-13,18-19,24H,3,8-9,14-17H2,1-2H3,(H,28,30)(H,29,33)(H,31,32). The molecule has 0 aromatic heterocycles. The smallest absolute Gasteiger partial charge is 0.407 e. The summed E-state index contributed by atoms with van der Waals surface area (Å²) in [7, 11) is 0. The molecule has 8 heteroatoms. The first-order valence-electron chi connectivity index (χ1n) is 12.1. The number of ether oxygens (including phenoxy) is 2. The molecule has 0 aliphatic heterocycles. The van der Waals surface area contributed by atoms with E-state index in [1.54, 1.807) is 6.92 Å². The Hall–Kier alpha value is -3.39. The fourth-order valence-electron chi connectivity index (χ4n) is 4.31. The Labute approximate surface area is 206 Å². The molecule has 3 N–H and O–H groups in total. The van der Waals surface area contributed by atoms with Crippen LogP contribution in [0.15, 0.2) is 48.5 Å². The number of rotatable bonds is 13. The topological polar surface area (TPSA) is 114 Å². The van der Waals surface area contributed by atoms with Gasteiger partial charge in [-0.3, -0.25) is 9.59 Å². The number of hydrogen-bond acceptors (Lipinski definition) is 5. The second-order valence-corrected chi connectivity index (χ2v) is 8.72. The number of alkyl carbamates (subject to hydrolysis) is 1. The Morgan fingerprint density at radius 3 is 2.23 bits per heavy atom. The van der Waals surface area contributed by atoms with Crippen molar-refractivity contribution in [1.82, 2.24) is 10.6 Å². The number of carbonyl (C=O) groups excluding carboxylic acids is 2. The highest BCUT2D eigenvalue weighted by molar-refractivity contribution is 5.79. The summed E-state index contributed by atoms with van der Waals surface area (Å²) in [5.41, 5.74) is 4.61. The number of carboxylic acid groups (broad SMARTS) is 1. The van der Waals surface area contributed by atoms with Crippen LogP contribution in [0.4, 0.5) is 4.79 Å². The van der Waals surface area contributed by atoms with Gasteiger partial charge in [0.1, 0.15) is 6.61 Å². The Bertz CT molecular complexity index is 979. The molecule has 0 spiro atoms. The molecule has 2 atom stereocenters. The van der Waals surface area contributed by atoms with E-state index in [1.807, 2.05) is 31.2 Å². The molecule has 2 aromatic rings. The van der Waals surface area contributed by atoms with Gasteiger partial charge in [0.25, 0.3) is 0 Å². The Morgan fingerprint density at radius 1 is 1.00 bits per heavy atom. The van der Waals surface area contributed by atoms with Gasteiger partial charge in [0.2, 0.25) is 5.91 Å². The van der Waals surface area contributed by atoms with Crippen molar-refractivity contribution >= 4 is 18.0 Å². The van der Waals surface area contributed by atoms with Crippen LogP contribution in [0.1, 0.15) is 50.2 Å². The summed E-state index contributed by atoms with van der Waals surface area (Å²) in [4.78, 5) is 35.5. The summed E-state index contributed by atoms with van der Waals surface area (Å²) < 4.78 is 11.1. The molecule has 1 aliphatic rings. The minimum Gasteiger partial charge on any atom is -0.481 e. The van der Waals surface area contributed by atoms with Gasteiger partial charge >= 0.3 is 12.1 Å². The SMILES string of the molecule is CCOC(CNC(=O)OCC1c2ccccc2-c2ccccc21)CC(=O)NCCCC(C)C(=O)O. The Balaban J connectivity index is 1.44. The van der Waals surface area contributed by atoms with Crippen LogP contribution < -0.4 is 10.6 Å². The molecule has 2 amide bonds. The number of hydrogen-bond donors (Lipinski definition) is 3. The monoisotopic (exact) mass is 482 g/mol. The zero-order valence-corrected chi connectivity index (χ0v) is 20.3. The third-order valence-corrected chi connectivity index (χ3v) is 6.19. The molecule has 35 heavy (non-hydrogen) atoms. The number of nitrogens with one attached hydrogen (secondary N) is 2. The van der Waals surface area contributed by atoms with Gasteiger partial charge in [-0.25, -0.2) is 4.79 Å². The van der Waals surface area contributed by atoms with Gasteiger partial charge in [-0.05, 0) is 42.0 Å². The number of aliphatic carboxylic acids is 1. The van der Waals surface area contributed by atoms with E-state index in [1.165, 1.54) is 0 Å². The van der Waals surface area contributed by atoms with Crippen LogP contribution in [-0.4, -0.2) is 55.5 Å². The largest absolute Gasteiger partial charge is 0.481 e. The molecule has 188 valence electrons. The van der Waals surface area contributed by atoms with Gasteiger partial charge < -0.3 is 25.2 Å². The summed E-state index contributed by atoms with van der Waals surface area (Å²) in [5.74, 6) is -1.51. The molecule has 1 aliphatic carbocycles. The van der Waals surface area contributed by atoms with Gasteiger partial charge in [-0.1, -0.05) is 55.5 Å². The summed E-state index contributed by atoms with van der Waals surface area (Å²) >= 11 is 0. The van der Waals surface area contributed by atoms with Crippen molar-refractivity contribution in [3.63, 3.8) is 0 Å². The number of carboxylic acids is 1. The van der Waals surface area contributed by atoms with E-state index < -0.39 is 24.1 Å². The maximum absolute atomic E-state index is 12.4. The van der Waals surface area contributed by atoms with Crippen molar-refractivity contribution in [1.29, 1.82) is 0 Å². The Morgan fingerprint density at radius 2 is 1.63 bits per heavy atom. The van der Waals surface area contributed by atoms with Crippen molar-refractivity contribution in [2.75, 3.05) is 26.3 Å². The van der Waals surface area contributed by atoms with Gasteiger partial charge in [-0.2, -0.15) is 0 Å². The molecule has 2 aromatic carbocycles. The number of fused-ring (bicyclic) bond motifs is 3. The predicted molar refractivity (Wildman–Crippen MR) is 132 cm³/mol. The third kappa shape index (κ3) is 7.29. The highest BCUT2D eigenvalue weighted by atomic mass is 16.5. The lowest BCUT2D eigenvalue weighted by molar-refractivity contribution is -0.141. The molecule has 8 nitrogen and oxygen atoms in total. The summed E-state index contributed by atoms with van der Waals surface area (Å²) in [5, 5.41) is 14.4. The van der Waals surface area contributed by atoms with Gasteiger partial charge in [0, 0.05) is 25.6 Å². The fourth-order valence-corrected chi connectivity index (χ4v) is 4.31. The summed E-state index contributed by atoms with van der Waals surface area (Å²) in [6, 6.07) is 16.3. The van der Waals surface area contributed by atoms with Crippen LogP contribution in [0.2, 0.25) is 0 Å². The first-order chi connectivity index (χ1) is 16.9. The molecule has 0 saturated heterocycles. The van der Waals surface area contributed by atoms with Crippen LogP contribution in [0.5, 0.6) is 0 Å². The lowest BCUT2D eigenvalue weighted by atomic mass is 9.98. The van der Waals surface area contributed by atoms with Crippen molar-refractivity contribution in [3.05, 3.63) is 59.7 Å². The maximum atomic E-state index is 12.4. The van der Waals surface area contributed by atoms with Crippen molar-refractivity contribution < 1.29 is 29.0 Å². The van der Waals surface area contributed by atoms with E-state index >= 15 is 0 Å². The molecule has 0 bridgehead atoms. The van der Waals surface area contributed by atoms with E-state index in [-0.39, 0.29) is 31.4 Å². The fraction of sp³-hybridized carbons (Fsp3) is 0.444. The van der Waals surface area contributed by atoms with Crippen LogP contribution in [0.3, 0.4) is 0 Å². The predicted octanol–water partition coefficient (Wildman–Crippen LogP) is 3.94. The molecule has 0 fully saturated rings. The lowest BCUT2D eigenvalue weighted by Crippen LogP contribution is -2.38. The van der Waals surface area contributed by atoms with E-state index in [0.29, 0.717) is 26.0 Å². The third-order valence-electron chi connectivity index (χ3n) is 6.19. The molecule has 0 saturated carbocycles. The number of benzene rings is 2. The van der Waals surface area contributed by atoms with Crippen molar-refractivity contribution in [2.45, 2.75) is 45.1 Å². The minimum atomic E-state index is -0.841. The lowest BCUT2D eigenvalue weighted by Gasteiger charge is -2.18. The number of amides is 2.